The monoisotopic (exact) mass is 468 g/mol. The van der Waals surface area contributed by atoms with Crippen molar-refractivity contribution in [3.63, 3.8) is 0 Å². The van der Waals surface area contributed by atoms with Crippen LogP contribution < -0.4 is 5.32 Å². The average molecular weight is 468 g/mol. The summed E-state index contributed by atoms with van der Waals surface area (Å²) in [5.41, 5.74) is 1.53. The molecule has 2 atom stereocenters. The van der Waals surface area contributed by atoms with Crippen LogP contribution in [0.1, 0.15) is 36.3 Å². The Labute approximate surface area is 193 Å². The third-order valence-corrected chi connectivity index (χ3v) is 5.61. The zero-order chi connectivity index (χ0) is 24.2. The Balaban J connectivity index is 1.41. The third-order valence-electron chi connectivity index (χ3n) is 5.61. The van der Waals surface area contributed by atoms with E-state index in [2.05, 4.69) is 15.4 Å². The SMILES string of the molecule is O=C(CCc1cnn(-c2ccc(O)cn2)c1)NC1=CC(c2cc(F)cc(F)c2)CC(C(=O)O)C1. The number of aromatic hydroxyl groups is 1. The fourth-order valence-electron chi connectivity index (χ4n) is 3.96. The molecule has 176 valence electrons. The van der Waals surface area contributed by atoms with Crippen LogP contribution in [-0.4, -0.2) is 36.9 Å². The van der Waals surface area contributed by atoms with Gasteiger partial charge in [-0.25, -0.2) is 18.4 Å². The van der Waals surface area contributed by atoms with Crippen molar-refractivity contribution in [3.05, 3.63) is 83.5 Å². The van der Waals surface area contributed by atoms with Crippen molar-refractivity contribution in [1.29, 1.82) is 0 Å². The number of pyridine rings is 1. The predicted octanol–water partition coefficient (Wildman–Crippen LogP) is 3.46. The van der Waals surface area contributed by atoms with Crippen molar-refractivity contribution in [2.45, 2.75) is 31.6 Å². The summed E-state index contributed by atoms with van der Waals surface area (Å²) in [5.74, 6) is -3.59. The number of halogens is 2. The summed E-state index contributed by atoms with van der Waals surface area (Å²) in [6.07, 6.45) is 7.12. The highest BCUT2D eigenvalue weighted by molar-refractivity contribution is 5.78. The van der Waals surface area contributed by atoms with E-state index in [4.69, 9.17) is 0 Å². The third kappa shape index (κ3) is 5.64. The first-order valence-corrected chi connectivity index (χ1v) is 10.6. The van der Waals surface area contributed by atoms with Gasteiger partial charge in [-0.2, -0.15) is 5.10 Å². The van der Waals surface area contributed by atoms with Crippen molar-refractivity contribution in [1.82, 2.24) is 20.1 Å². The molecule has 0 radical (unpaired) electrons. The summed E-state index contributed by atoms with van der Waals surface area (Å²) in [5, 5.41) is 25.8. The number of carboxylic acid groups (broad SMARTS) is 1. The minimum Gasteiger partial charge on any atom is -0.506 e. The molecular weight excluding hydrogens is 446 g/mol. The van der Waals surface area contributed by atoms with E-state index in [1.807, 2.05) is 0 Å². The van der Waals surface area contributed by atoms with Gasteiger partial charge in [0.2, 0.25) is 5.91 Å². The molecule has 3 N–H and O–H groups in total. The molecule has 2 heterocycles. The maximum Gasteiger partial charge on any atom is 0.306 e. The van der Waals surface area contributed by atoms with Crippen LogP contribution in [0.3, 0.4) is 0 Å². The summed E-state index contributed by atoms with van der Waals surface area (Å²) in [6.45, 7) is 0. The average Bonchev–Trinajstić information content (AvgIpc) is 3.26. The van der Waals surface area contributed by atoms with Crippen LogP contribution in [0, 0.1) is 17.6 Å². The molecule has 1 aromatic carbocycles. The molecule has 1 amide bonds. The molecule has 3 aromatic rings. The van der Waals surface area contributed by atoms with E-state index in [0.717, 1.165) is 11.6 Å². The van der Waals surface area contributed by atoms with Crippen molar-refractivity contribution in [3.8, 4) is 11.6 Å². The fourth-order valence-corrected chi connectivity index (χ4v) is 3.96. The lowest BCUT2D eigenvalue weighted by Crippen LogP contribution is -2.30. The zero-order valence-electron chi connectivity index (χ0n) is 18.0. The number of carboxylic acids is 1. The number of aryl methyl sites for hydroxylation is 1. The first-order chi connectivity index (χ1) is 16.3. The number of nitrogens with zero attached hydrogens (tertiary/aromatic N) is 3. The van der Waals surface area contributed by atoms with Gasteiger partial charge in [-0.05, 0) is 48.2 Å². The van der Waals surface area contributed by atoms with Crippen LogP contribution in [0.25, 0.3) is 5.82 Å². The van der Waals surface area contributed by atoms with Gasteiger partial charge in [0.25, 0.3) is 0 Å². The molecule has 0 bridgehead atoms. The van der Waals surface area contributed by atoms with Gasteiger partial charge >= 0.3 is 5.97 Å². The Morgan fingerprint density at radius 3 is 2.59 bits per heavy atom. The predicted molar refractivity (Wildman–Crippen MR) is 117 cm³/mol. The summed E-state index contributed by atoms with van der Waals surface area (Å²) in [6, 6.07) is 6.20. The number of carbonyl (C=O) groups is 2. The van der Waals surface area contributed by atoms with E-state index < -0.39 is 29.4 Å². The van der Waals surface area contributed by atoms with Crippen molar-refractivity contribution < 1.29 is 28.6 Å². The Morgan fingerprint density at radius 2 is 1.91 bits per heavy atom. The van der Waals surface area contributed by atoms with Gasteiger partial charge in [0.1, 0.15) is 17.4 Å². The van der Waals surface area contributed by atoms with Crippen molar-refractivity contribution in [2.75, 3.05) is 0 Å². The van der Waals surface area contributed by atoms with Crippen LogP contribution in [0.2, 0.25) is 0 Å². The number of rotatable bonds is 7. The summed E-state index contributed by atoms with van der Waals surface area (Å²) in [7, 11) is 0. The number of benzene rings is 1. The highest BCUT2D eigenvalue weighted by Crippen LogP contribution is 2.35. The summed E-state index contributed by atoms with van der Waals surface area (Å²) in [4.78, 5) is 28.2. The van der Waals surface area contributed by atoms with E-state index in [1.54, 1.807) is 24.5 Å². The fraction of sp³-hybridized carbons (Fsp3) is 0.250. The van der Waals surface area contributed by atoms with E-state index >= 15 is 0 Å². The molecule has 8 nitrogen and oxygen atoms in total. The van der Waals surface area contributed by atoms with Crippen LogP contribution in [0.4, 0.5) is 8.78 Å². The van der Waals surface area contributed by atoms with Crippen LogP contribution >= 0.6 is 0 Å². The number of allylic oxidation sites excluding steroid dienone is 2. The Bertz CT molecular complexity index is 1220. The van der Waals surface area contributed by atoms with Gasteiger partial charge in [0.15, 0.2) is 5.82 Å². The minimum absolute atomic E-state index is 0.0414. The molecule has 0 saturated heterocycles. The maximum absolute atomic E-state index is 13.7. The second kappa shape index (κ2) is 9.82. The van der Waals surface area contributed by atoms with Gasteiger partial charge in [-0.1, -0.05) is 6.08 Å². The van der Waals surface area contributed by atoms with Crippen LogP contribution in [0.5, 0.6) is 5.75 Å². The molecule has 2 aromatic heterocycles. The van der Waals surface area contributed by atoms with Gasteiger partial charge < -0.3 is 15.5 Å². The van der Waals surface area contributed by atoms with Gasteiger partial charge in [0.05, 0.1) is 18.3 Å². The molecule has 4 rings (SSSR count). The lowest BCUT2D eigenvalue weighted by molar-refractivity contribution is -0.142. The molecule has 0 saturated carbocycles. The molecule has 34 heavy (non-hydrogen) atoms. The Morgan fingerprint density at radius 1 is 1.15 bits per heavy atom. The zero-order valence-corrected chi connectivity index (χ0v) is 18.0. The summed E-state index contributed by atoms with van der Waals surface area (Å²) >= 11 is 0. The normalized spacial score (nSPS) is 17.8. The molecule has 1 aliphatic rings. The van der Waals surface area contributed by atoms with E-state index in [-0.39, 0.29) is 30.9 Å². The number of amides is 1. The smallest absolute Gasteiger partial charge is 0.306 e. The molecule has 1 aliphatic carbocycles. The molecule has 10 heteroatoms. The number of carbonyl (C=O) groups excluding carboxylic acids is 1. The molecule has 0 spiro atoms. The first kappa shape index (κ1) is 23.1. The number of aromatic nitrogens is 3. The van der Waals surface area contributed by atoms with Crippen LogP contribution in [-0.2, 0) is 16.0 Å². The first-order valence-electron chi connectivity index (χ1n) is 10.6. The second-order valence-corrected chi connectivity index (χ2v) is 8.19. The lowest BCUT2D eigenvalue weighted by Gasteiger charge is -2.27. The Kier molecular flexibility index (Phi) is 6.67. The van der Waals surface area contributed by atoms with E-state index in [1.165, 1.54) is 29.1 Å². The molecule has 0 fully saturated rings. The van der Waals surface area contributed by atoms with Gasteiger partial charge in [-0.15, -0.1) is 0 Å². The maximum atomic E-state index is 13.7. The molecule has 0 aliphatic heterocycles. The number of aliphatic carboxylic acids is 1. The van der Waals surface area contributed by atoms with Crippen LogP contribution in [0.15, 0.2) is 60.7 Å². The van der Waals surface area contributed by atoms with Gasteiger partial charge in [0, 0.05) is 36.7 Å². The highest BCUT2D eigenvalue weighted by atomic mass is 19.1. The summed E-state index contributed by atoms with van der Waals surface area (Å²) < 4.78 is 28.9. The topological polar surface area (TPSA) is 117 Å². The number of hydrogen-bond donors (Lipinski definition) is 3. The van der Waals surface area contributed by atoms with Crippen molar-refractivity contribution >= 4 is 11.9 Å². The highest BCUT2D eigenvalue weighted by Gasteiger charge is 2.29. The Hall–Kier alpha value is -4.08. The lowest BCUT2D eigenvalue weighted by atomic mass is 9.81. The van der Waals surface area contributed by atoms with Crippen molar-refractivity contribution in [2.24, 2.45) is 5.92 Å². The second-order valence-electron chi connectivity index (χ2n) is 8.19. The standard InChI is InChI=1S/C24H22F2N4O4/c25-18-6-16(7-19(26)10-18)15-5-17(24(33)34)9-20(8-15)29-23(32)4-1-14-11-28-30(13-14)22-3-2-21(31)12-27-22/h2-3,6-8,10-13,15,17,31H,1,4-5,9H2,(H,29,32)(H,33,34). The van der Waals surface area contributed by atoms with E-state index in [0.29, 0.717) is 23.5 Å². The minimum atomic E-state index is -1.03. The van der Waals surface area contributed by atoms with Gasteiger partial charge in [-0.3, -0.25) is 9.59 Å². The molecule has 2 unspecified atom stereocenters. The molecular formula is C24H22F2N4O4. The quantitative estimate of drug-likeness (QED) is 0.489. The largest absolute Gasteiger partial charge is 0.506 e. The number of hydrogen-bond acceptors (Lipinski definition) is 5. The van der Waals surface area contributed by atoms with E-state index in [9.17, 15) is 28.6 Å². The number of nitrogens with one attached hydrogen (secondary N) is 1.